The largest absolute Gasteiger partial charge is 0.508 e. The summed E-state index contributed by atoms with van der Waals surface area (Å²) in [7, 11) is -1.16. The van der Waals surface area contributed by atoms with Crippen molar-refractivity contribution in [1.82, 2.24) is 10.2 Å². The zero-order valence-electron chi connectivity index (χ0n) is 17.6. The number of fused-ring (bicyclic) bond motifs is 4. The van der Waals surface area contributed by atoms with Gasteiger partial charge in [-0.25, -0.2) is 8.42 Å². The molecule has 30 heavy (non-hydrogen) atoms. The zero-order chi connectivity index (χ0) is 21.7. The average Bonchev–Trinajstić information content (AvgIpc) is 2.67. The van der Waals surface area contributed by atoms with Crippen molar-refractivity contribution in [2.24, 2.45) is 0 Å². The first-order chi connectivity index (χ1) is 14.1. The van der Waals surface area contributed by atoms with E-state index < -0.39 is 9.84 Å². The number of likely N-dealkylation sites (tertiary alicyclic amines) is 1. The van der Waals surface area contributed by atoms with Gasteiger partial charge in [0.15, 0.2) is 9.84 Å². The lowest BCUT2D eigenvalue weighted by atomic mass is 9.61. The molecule has 2 aromatic rings. The Kier molecular flexibility index (Phi) is 5.14. The summed E-state index contributed by atoms with van der Waals surface area (Å²) in [6, 6.07) is 12.2. The fourth-order valence-electron chi connectivity index (χ4n) is 5.00. The summed E-state index contributed by atoms with van der Waals surface area (Å²) in [5.41, 5.74) is 2.88. The maximum Gasteiger partial charge on any atom is 0.224 e. The number of hydrogen-bond donors (Lipinski definition) is 2. The number of sulfone groups is 1. The van der Waals surface area contributed by atoms with E-state index in [1.807, 2.05) is 12.1 Å². The topological polar surface area (TPSA) is 86.7 Å². The molecule has 160 valence electrons. The molecule has 2 aliphatic rings. The highest BCUT2D eigenvalue weighted by atomic mass is 32.2. The van der Waals surface area contributed by atoms with Crippen LogP contribution in [0.2, 0.25) is 0 Å². The fourth-order valence-corrected chi connectivity index (χ4v) is 5.63. The summed E-state index contributed by atoms with van der Waals surface area (Å²) in [5.74, 6) is 0.172. The van der Waals surface area contributed by atoms with Crippen LogP contribution in [-0.4, -0.2) is 56.3 Å². The smallest absolute Gasteiger partial charge is 0.224 e. The quantitative estimate of drug-likeness (QED) is 0.778. The fraction of sp³-hybridized carbons (Fsp3) is 0.435. The molecular weight excluding hydrogens is 400 g/mol. The monoisotopic (exact) mass is 428 g/mol. The first-order valence-electron chi connectivity index (χ1n) is 10.2. The van der Waals surface area contributed by atoms with Gasteiger partial charge in [-0.2, -0.15) is 0 Å². The van der Waals surface area contributed by atoms with Crippen LogP contribution < -0.4 is 5.32 Å². The van der Waals surface area contributed by atoms with Crippen LogP contribution in [0.25, 0.3) is 0 Å². The molecule has 1 fully saturated rings. The number of benzene rings is 2. The van der Waals surface area contributed by atoms with Gasteiger partial charge in [-0.1, -0.05) is 25.1 Å². The lowest BCUT2D eigenvalue weighted by molar-refractivity contribution is -0.123. The van der Waals surface area contributed by atoms with E-state index >= 15 is 0 Å². The van der Waals surface area contributed by atoms with Crippen molar-refractivity contribution in [3.63, 3.8) is 0 Å². The van der Waals surface area contributed by atoms with Crippen LogP contribution in [0.5, 0.6) is 5.75 Å². The molecule has 1 saturated heterocycles. The van der Waals surface area contributed by atoms with Gasteiger partial charge in [-0.3, -0.25) is 4.79 Å². The number of likely N-dealkylation sites (N-methyl/N-ethyl adjacent to an activating group) is 1. The number of aromatic hydroxyl groups is 1. The number of carbonyl (C=O) groups is 1. The maximum absolute atomic E-state index is 12.9. The minimum absolute atomic E-state index is 0.0617. The van der Waals surface area contributed by atoms with E-state index in [0.717, 1.165) is 30.5 Å². The van der Waals surface area contributed by atoms with E-state index in [0.29, 0.717) is 0 Å². The van der Waals surface area contributed by atoms with Gasteiger partial charge in [0.25, 0.3) is 0 Å². The summed E-state index contributed by atoms with van der Waals surface area (Å²) in [4.78, 5) is 15.5. The van der Waals surface area contributed by atoms with E-state index in [4.69, 9.17) is 0 Å². The lowest BCUT2D eigenvalue weighted by Gasteiger charge is -2.54. The van der Waals surface area contributed by atoms with Crippen LogP contribution >= 0.6 is 0 Å². The molecule has 2 bridgehead atoms. The first kappa shape index (κ1) is 20.9. The molecule has 1 aliphatic heterocycles. The Hall–Kier alpha value is -2.38. The van der Waals surface area contributed by atoms with Crippen LogP contribution in [0.4, 0.5) is 0 Å². The molecular formula is C23H28N2O4S. The van der Waals surface area contributed by atoms with Crippen molar-refractivity contribution in [2.45, 2.75) is 48.6 Å². The minimum atomic E-state index is -3.25. The molecule has 0 spiro atoms. The number of phenolic OH excluding ortho intramolecular Hbond substituents is 1. The molecule has 2 aromatic carbocycles. The zero-order valence-corrected chi connectivity index (χ0v) is 18.4. The van der Waals surface area contributed by atoms with Crippen LogP contribution in [0.3, 0.4) is 0 Å². The Balaban J connectivity index is 1.56. The minimum Gasteiger partial charge on any atom is -0.508 e. The van der Waals surface area contributed by atoms with Crippen molar-refractivity contribution in [3.8, 4) is 5.75 Å². The van der Waals surface area contributed by atoms with Crippen LogP contribution in [-0.2, 0) is 32.9 Å². The van der Waals surface area contributed by atoms with E-state index in [2.05, 4.69) is 24.2 Å². The lowest BCUT2D eigenvalue weighted by Crippen LogP contribution is -2.67. The predicted octanol–water partition coefficient (Wildman–Crippen LogP) is 2.04. The molecule has 0 saturated carbocycles. The standard InChI is InChI=1S/C23H28N2O4S/c1-23-10-11-25(2)20(13-16-6-7-17(26)14-19(16)23)22(23)24-21(27)12-15-4-8-18(9-5-15)30(3,28)29/h4-9,14,20,22,26H,10-13H2,1-3H3,(H,24,27)/t20-,22+,23+/m1/s1. The number of carbonyl (C=O) groups excluding carboxylic acids is 1. The Morgan fingerprint density at radius 2 is 1.93 bits per heavy atom. The van der Waals surface area contributed by atoms with Gasteiger partial charge in [-0.05, 0) is 67.4 Å². The summed E-state index contributed by atoms with van der Waals surface area (Å²) in [6.45, 7) is 3.12. The number of piperidine rings is 1. The van der Waals surface area contributed by atoms with Crippen molar-refractivity contribution >= 4 is 15.7 Å². The number of nitrogens with one attached hydrogen (secondary N) is 1. The van der Waals surface area contributed by atoms with Gasteiger partial charge in [0.2, 0.25) is 5.91 Å². The van der Waals surface area contributed by atoms with E-state index in [1.54, 1.807) is 30.3 Å². The number of hydrogen-bond acceptors (Lipinski definition) is 5. The van der Waals surface area contributed by atoms with Crippen LogP contribution in [0.1, 0.15) is 30.0 Å². The predicted molar refractivity (Wildman–Crippen MR) is 115 cm³/mol. The molecule has 1 aliphatic carbocycles. The van der Waals surface area contributed by atoms with E-state index in [9.17, 15) is 18.3 Å². The third kappa shape index (κ3) is 3.72. The summed E-state index contributed by atoms with van der Waals surface area (Å²) in [6.07, 6.45) is 3.09. The molecule has 2 N–H and O–H groups in total. The molecule has 1 heterocycles. The average molecular weight is 429 g/mol. The second kappa shape index (κ2) is 7.39. The highest BCUT2D eigenvalue weighted by Gasteiger charge is 2.50. The number of amides is 1. The Bertz CT molecular complexity index is 1080. The second-order valence-corrected chi connectivity index (χ2v) is 10.9. The number of rotatable bonds is 4. The second-order valence-electron chi connectivity index (χ2n) is 8.90. The molecule has 0 aromatic heterocycles. The van der Waals surface area contributed by atoms with Gasteiger partial charge in [0.1, 0.15) is 5.75 Å². The molecule has 4 rings (SSSR count). The van der Waals surface area contributed by atoms with Crippen molar-refractivity contribution < 1.29 is 18.3 Å². The van der Waals surface area contributed by atoms with Crippen molar-refractivity contribution in [3.05, 3.63) is 59.2 Å². The summed E-state index contributed by atoms with van der Waals surface area (Å²) < 4.78 is 23.3. The van der Waals surface area contributed by atoms with Gasteiger partial charge in [-0.15, -0.1) is 0 Å². The highest BCUT2D eigenvalue weighted by Crippen LogP contribution is 2.45. The number of nitrogens with zero attached hydrogens (tertiary/aromatic N) is 1. The highest BCUT2D eigenvalue weighted by molar-refractivity contribution is 7.90. The maximum atomic E-state index is 12.9. The molecule has 0 unspecified atom stereocenters. The summed E-state index contributed by atoms with van der Waals surface area (Å²) in [5, 5.41) is 13.3. The van der Waals surface area contributed by atoms with Gasteiger partial charge in [0, 0.05) is 17.7 Å². The third-order valence-corrected chi connectivity index (χ3v) is 7.92. The van der Waals surface area contributed by atoms with Crippen molar-refractivity contribution in [1.29, 1.82) is 0 Å². The Morgan fingerprint density at radius 3 is 2.60 bits per heavy atom. The normalized spacial score (nSPS) is 26.1. The summed E-state index contributed by atoms with van der Waals surface area (Å²) >= 11 is 0. The van der Waals surface area contributed by atoms with Crippen LogP contribution in [0, 0.1) is 0 Å². The first-order valence-corrected chi connectivity index (χ1v) is 12.1. The van der Waals surface area contributed by atoms with Crippen molar-refractivity contribution in [2.75, 3.05) is 19.8 Å². The van der Waals surface area contributed by atoms with Crippen LogP contribution in [0.15, 0.2) is 47.4 Å². The molecule has 6 nitrogen and oxygen atoms in total. The molecule has 3 atom stereocenters. The van der Waals surface area contributed by atoms with E-state index in [-0.39, 0.29) is 40.5 Å². The molecule has 7 heteroatoms. The van der Waals surface area contributed by atoms with Gasteiger partial charge in [0.05, 0.1) is 17.4 Å². The molecule has 0 radical (unpaired) electrons. The van der Waals surface area contributed by atoms with Gasteiger partial charge >= 0.3 is 0 Å². The van der Waals surface area contributed by atoms with Gasteiger partial charge < -0.3 is 15.3 Å². The third-order valence-electron chi connectivity index (χ3n) is 6.79. The molecule has 1 amide bonds. The number of phenols is 1. The van der Waals surface area contributed by atoms with E-state index in [1.165, 1.54) is 11.8 Å². The Labute approximate surface area is 177 Å². The SMILES string of the molecule is CN1CC[C@@]2(C)c3cc(O)ccc3C[C@@H]1[C@@H]2NC(=O)Cc1ccc(S(C)(=O)=O)cc1. The Morgan fingerprint density at radius 1 is 1.23 bits per heavy atom.